The van der Waals surface area contributed by atoms with Crippen LogP contribution in [0.5, 0.6) is 0 Å². The van der Waals surface area contributed by atoms with E-state index in [0.29, 0.717) is 0 Å². The molecule has 1 aromatic rings. The third-order valence-electron chi connectivity index (χ3n) is 1.69. The van der Waals surface area contributed by atoms with Crippen LogP contribution in [0.1, 0.15) is 30.5 Å². The normalized spacial score (nSPS) is 11.8. The first-order valence-electron chi connectivity index (χ1n) is 4.20. The van der Waals surface area contributed by atoms with Gasteiger partial charge in [-0.1, -0.05) is 20.8 Å². The molecule has 68 valence electrons. The van der Waals surface area contributed by atoms with Crippen molar-refractivity contribution in [2.75, 3.05) is 0 Å². The van der Waals surface area contributed by atoms with Gasteiger partial charge >= 0.3 is 0 Å². The van der Waals surface area contributed by atoms with E-state index in [9.17, 15) is 0 Å². The summed E-state index contributed by atoms with van der Waals surface area (Å²) in [5.74, 6) is 0. The number of nitrogens with zero attached hydrogens (tertiary/aromatic N) is 1. The summed E-state index contributed by atoms with van der Waals surface area (Å²) >= 11 is 1.74. The lowest BCUT2D eigenvalue weighted by atomic mass is 9.95. The first-order chi connectivity index (χ1) is 6.04. The Morgan fingerprint density at radius 1 is 1.38 bits per heavy atom. The Balaban J connectivity index is 2.89. The minimum atomic E-state index is 0.212. The molecule has 0 aliphatic carbocycles. The van der Waals surface area contributed by atoms with Crippen LogP contribution in [0.15, 0.2) is 18.2 Å². The minimum absolute atomic E-state index is 0.212. The summed E-state index contributed by atoms with van der Waals surface area (Å²) in [6.07, 6.45) is 3.36. The molecule has 1 aromatic heterocycles. The van der Waals surface area contributed by atoms with Gasteiger partial charge in [-0.15, -0.1) is 11.3 Å². The predicted molar refractivity (Wildman–Crippen MR) is 57.7 cm³/mol. The van der Waals surface area contributed by atoms with Crippen molar-refractivity contribution < 1.29 is 0 Å². The van der Waals surface area contributed by atoms with Gasteiger partial charge < -0.3 is 0 Å². The summed E-state index contributed by atoms with van der Waals surface area (Å²) in [5.41, 5.74) is 0.212. The van der Waals surface area contributed by atoms with Crippen molar-refractivity contribution in [1.29, 1.82) is 5.26 Å². The highest BCUT2D eigenvalue weighted by molar-refractivity contribution is 7.13. The number of hydrogen-bond donors (Lipinski definition) is 0. The number of rotatable bonds is 1. The predicted octanol–water partition coefficient (Wildman–Crippen LogP) is 3.58. The van der Waals surface area contributed by atoms with Crippen molar-refractivity contribution in [3.05, 3.63) is 28.0 Å². The number of nitriles is 1. The molecule has 0 N–H and O–H groups in total. The Morgan fingerprint density at radius 3 is 2.54 bits per heavy atom. The van der Waals surface area contributed by atoms with Gasteiger partial charge in [0.1, 0.15) is 0 Å². The van der Waals surface area contributed by atoms with Crippen LogP contribution in [-0.2, 0) is 5.41 Å². The van der Waals surface area contributed by atoms with Gasteiger partial charge in [0.05, 0.1) is 6.07 Å². The third kappa shape index (κ3) is 2.71. The van der Waals surface area contributed by atoms with Crippen LogP contribution < -0.4 is 0 Å². The lowest BCUT2D eigenvalue weighted by Gasteiger charge is -2.15. The average Bonchev–Trinajstić information content (AvgIpc) is 2.47. The lowest BCUT2D eigenvalue weighted by molar-refractivity contribution is 0.604. The molecule has 0 spiro atoms. The number of hydrogen-bond acceptors (Lipinski definition) is 2. The van der Waals surface area contributed by atoms with Crippen molar-refractivity contribution >= 4 is 17.4 Å². The highest BCUT2D eigenvalue weighted by Crippen LogP contribution is 2.29. The molecule has 13 heavy (non-hydrogen) atoms. The van der Waals surface area contributed by atoms with Crippen molar-refractivity contribution in [3.8, 4) is 6.07 Å². The van der Waals surface area contributed by atoms with Crippen LogP contribution in [-0.4, -0.2) is 0 Å². The Kier molecular flexibility index (Phi) is 2.90. The molecule has 1 heterocycles. The minimum Gasteiger partial charge on any atom is -0.193 e. The van der Waals surface area contributed by atoms with Gasteiger partial charge in [-0.3, -0.25) is 0 Å². The van der Waals surface area contributed by atoms with Gasteiger partial charge in [-0.25, -0.2) is 0 Å². The van der Waals surface area contributed by atoms with Crippen LogP contribution in [0.4, 0.5) is 0 Å². The molecule has 0 atom stereocenters. The Bertz CT molecular complexity index is 347. The van der Waals surface area contributed by atoms with Gasteiger partial charge in [0.25, 0.3) is 0 Å². The molecule has 0 aliphatic rings. The Labute approximate surface area is 83.3 Å². The zero-order valence-corrected chi connectivity index (χ0v) is 8.98. The van der Waals surface area contributed by atoms with Gasteiger partial charge in [0, 0.05) is 15.8 Å². The monoisotopic (exact) mass is 191 g/mol. The molecule has 0 aliphatic heterocycles. The standard InChI is InChI=1S/C11H13NS/c1-11(2,3)10-7-6-9(13-10)5-4-8-12/h4-7H,1-3H3/b5-4+. The number of thiophene rings is 1. The van der Waals surface area contributed by atoms with Crippen LogP contribution >= 0.6 is 11.3 Å². The second-order valence-corrected chi connectivity index (χ2v) is 5.03. The molecule has 0 amide bonds. The maximum atomic E-state index is 8.36. The van der Waals surface area contributed by atoms with Crippen LogP contribution in [0.2, 0.25) is 0 Å². The molecule has 0 aromatic carbocycles. The maximum absolute atomic E-state index is 8.36. The third-order valence-corrected chi connectivity index (χ3v) is 3.16. The molecule has 0 saturated carbocycles. The molecule has 1 nitrogen and oxygen atoms in total. The highest BCUT2D eigenvalue weighted by atomic mass is 32.1. The molecule has 0 saturated heterocycles. The van der Waals surface area contributed by atoms with Gasteiger partial charge in [0.2, 0.25) is 0 Å². The fourth-order valence-electron chi connectivity index (χ4n) is 0.965. The van der Waals surface area contributed by atoms with Crippen molar-refractivity contribution in [2.24, 2.45) is 0 Å². The SMILES string of the molecule is CC(C)(C)c1ccc(/C=C/C#N)s1. The van der Waals surface area contributed by atoms with Crippen molar-refractivity contribution in [2.45, 2.75) is 26.2 Å². The van der Waals surface area contributed by atoms with Crippen LogP contribution in [0, 0.1) is 11.3 Å². The zero-order valence-electron chi connectivity index (χ0n) is 8.16. The zero-order chi connectivity index (χ0) is 9.90. The molecule has 2 heteroatoms. The van der Waals surface area contributed by atoms with E-state index in [1.807, 2.05) is 12.1 Å². The van der Waals surface area contributed by atoms with E-state index in [2.05, 4.69) is 32.9 Å². The lowest BCUT2D eigenvalue weighted by Crippen LogP contribution is -2.07. The molecule has 0 bridgehead atoms. The molecule has 0 unspecified atom stereocenters. The van der Waals surface area contributed by atoms with E-state index >= 15 is 0 Å². The van der Waals surface area contributed by atoms with E-state index in [-0.39, 0.29) is 5.41 Å². The smallest absolute Gasteiger partial charge is 0.0912 e. The first kappa shape index (κ1) is 10.0. The summed E-state index contributed by atoms with van der Waals surface area (Å²) in [6, 6.07) is 6.17. The second kappa shape index (κ2) is 3.76. The average molecular weight is 191 g/mol. The van der Waals surface area contributed by atoms with E-state index in [0.717, 1.165) is 4.88 Å². The summed E-state index contributed by atoms with van der Waals surface area (Å²) in [4.78, 5) is 2.50. The first-order valence-corrected chi connectivity index (χ1v) is 5.02. The molecule has 0 fully saturated rings. The van der Waals surface area contributed by atoms with E-state index in [4.69, 9.17) is 5.26 Å². The van der Waals surface area contributed by atoms with Crippen LogP contribution in [0.3, 0.4) is 0 Å². The van der Waals surface area contributed by atoms with E-state index in [1.165, 1.54) is 11.0 Å². The molecular formula is C11H13NS. The Morgan fingerprint density at radius 2 is 2.08 bits per heavy atom. The molecule has 0 radical (unpaired) electrons. The number of allylic oxidation sites excluding steroid dienone is 1. The van der Waals surface area contributed by atoms with Gasteiger partial charge in [-0.05, 0) is 23.6 Å². The van der Waals surface area contributed by atoms with Gasteiger partial charge in [-0.2, -0.15) is 5.26 Å². The second-order valence-electron chi connectivity index (χ2n) is 3.91. The van der Waals surface area contributed by atoms with E-state index in [1.54, 1.807) is 11.3 Å². The van der Waals surface area contributed by atoms with Crippen molar-refractivity contribution in [1.82, 2.24) is 0 Å². The van der Waals surface area contributed by atoms with Gasteiger partial charge in [0.15, 0.2) is 0 Å². The quantitative estimate of drug-likeness (QED) is 0.622. The summed E-state index contributed by atoms with van der Waals surface area (Å²) in [7, 11) is 0. The van der Waals surface area contributed by atoms with Crippen molar-refractivity contribution in [3.63, 3.8) is 0 Å². The fourth-order valence-corrected chi connectivity index (χ4v) is 1.93. The maximum Gasteiger partial charge on any atom is 0.0912 e. The highest BCUT2D eigenvalue weighted by Gasteiger charge is 2.15. The van der Waals surface area contributed by atoms with Crippen LogP contribution in [0.25, 0.3) is 6.08 Å². The van der Waals surface area contributed by atoms with E-state index < -0.39 is 0 Å². The summed E-state index contributed by atoms with van der Waals surface area (Å²) < 4.78 is 0. The summed E-state index contributed by atoms with van der Waals surface area (Å²) in [5, 5.41) is 8.36. The molecule has 1 rings (SSSR count). The largest absolute Gasteiger partial charge is 0.193 e. The topological polar surface area (TPSA) is 23.8 Å². The fraction of sp³-hybridized carbons (Fsp3) is 0.364. The molecular weight excluding hydrogens is 178 g/mol. The summed E-state index contributed by atoms with van der Waals surface area (Å²) in [6.45, 7) is 6.57. The Hall–Kier alpha value is -1.07.